The Bertz CT molecular complexity index is 597. The van der Waals surface area contributed by atoms with Gasteiger partial charge in [0.1, 0.15) is 12.9 Å². The second kappa shape index (κ2) is 7.96. The number of hydrogen-bond donors (Lipinski definition) is 0. The minimum atomic E-state index is 0.707. The van der Waals surface area contributed by atoms with Crippen LogP contribution < -0.4 is 4.74 Å². The molecule has 2 aromatic carbocycles. The summed E-state index contributed by atoms with van der Waals surface area (Å²) in [6, 6.07) is 15.5. The van der Waals surface area contributed by atoms with Crippen molar-refractivity contribution in [2.75, 3.05) is 20.0 Å². The average molecular weight is 322 g/mol. The Morgan fingerprint density at radius 1 is 1.05 bits per heavy atom. The van der Waals surface area contributed by atoms with Gasteiger partial charge in [-0.05, 0) is 36.4 Å². The first-order valence-corrected chi connectivity index (χ1v) is 7.72. The second-order valence-corrected chi connectivity index (χ2v) is 5.68. The Balaban J connectivity index is 2.06. The molecule has 0 heterocycles. The van der Waals surface area contributed by atoms with Crippen molar-refractivity contribution in [1.29, 1.82) is 0 Å². The Labute approximate surface area is 133 Å². The van der Waals surface area contributed by atoms with E-state index >= 15 is 0 Å². The molecule has 3 nitrogen and oxygen atoms in total. The number of thioether (sulfide) groups is 1. The maximum atomic E-state index is 5.91. The number of hydrogen-bond acceptors (Lipinski definition) is 4. The maximum Gasteiger partial charge on any atom is 0.118 e. The van der Waals surface area contributed by atoms with Gasteiger partial charge in [-0.25, -0.2) is 0 Å². The smallest absolute Gasteiger partial charge is 0.118 e. The molecule has 0 aliphatic rings. The molecule has 0 radical (unpaired) electrons. The number of halogens is 1. The van der Waals surface area contributed by atoms with Gasteiger partial charge in [0, 0.05) is 21.2 Å². The first-order valence-electron chi connectivity index (χ1n) is 6.35. The van der Waals surface area contributed by atoms with E-state index in [4.69, 9.17) is 21.2 Å². The average Bonchev–Trinajstić information content (AvgIpc) is 2.53. The van der Waals surface area contributed by atoms with Gasteiger partial charge in [-0.2, -0.15) is 0 Å². The number of ether oxygens (including phenoxy) is 1. The normalized spacial score (nSPS) is 11.3. The van der Waals surface area contributed by atoms with Gasteiger partial charge in [0.2, 0.25) is 0 Å². The van der Waals surface area contributed by atoms with Crippen molar-refractivity contribution in [3.8, 4) is 5.75 Å². The molecule has 0 unspecified atom stereocenters. The van der Waals surface area contributed by atoms with Crippen LogP contribution in [0, 0.1) is 0 Å². The quantitative estimate of drug-likeness (QED) is 0.446. The third-order valence-electron chi connectivity index (χ3n) is 2.81. The molecule has 0 spiro atoms. The molecule has 0 atom stereocenters. The lowest BCUT2D eigenvalue weighted by Crippen LogP contribution is -2.05. The van der Waals surface area contributed by atoms with Gasteiger partial charge in [0.05, 0.1) is 12.8 Å². The largest absolute Gasteiger partial charge is 0.497 e. The molecular formula is C16H16ClNO2S. The first-order chi connectivity index (χ1) is 10.2. The van der Waals surface area contributed by atoms with Crippen molar-refractivity contribution in [3.63, 3.8) is 0 Å². The van der Waals surface area contributed by atoms with Crippen LogP contribution in [0.1, 0.15) is 5.56 Å². The molecule has 0 aromatic heterocycles. The van der Waals surface area contributed by atoms with Crippen molar-refractivity contribution < 1.29 is 9.57 Å². The van der Waals surface area contributed by atoms with Crippen LogP contribution in [0.25, 0.3) is 0 Å². The Morgan fingerprint density at radius 2 is 1.71 bits per heavy atom. The highest BCUT2D eigenvalue weighted by Gasteiger charge is 2.06. The van der Waals surface area contributed by atoms with Crippen molar-refractivity contribution in [2.45, 2.75) is 4.90 Å². The van der Waals surface area contributed by atoms with Gasteiger partial charge in [-0.3, -0.25) is 0 Å². The molecule has 0 amide bonds. The summed E-state index contributed by atoms with van der Waals surface area (Å²) in [5.41, 5.74) is 1.87. The predicted octanol–water partition coefficient (Wildman–Crippen LogP) is 4.49. The standard InChI is InChI=1S/C16H16ClNO2S/c1-19-14-7-9-15(10-8-14)21-11-16(18-20-2)12-3-5-13(17)6-4-12/h3-10H,11H2,1-2H3/b18-16-. The van der Waals surface area contributed by atoms with E-state index in [9.17, 15) is 0 Å². The van der Waals surface area contributed by atoms with E-state index in [1.807, 2.05) is 48.5 Å². The van der Waals surface area contributed by atoms with E-state index in [0.29, 0.717) is 10.8 Å². The SMILES string of the molecule is CO/N=C(/CSc1ccc(OC)cc1)c1ccc(Cl)cc1. The number of oxime groups is 1. The van der Waals surface area contributed by atoms with E-state index < -0.39 is 0 Å². The van der Waals surface area contributed by atoms with Gasteiger partial charge in [-0.1, -0.05) is 28.9 Å². The number of nitrogens with zero attached hydrogens (tertiary/aromatic N) is 1. The third-order valence-corrected chi connectivity index (χ3v) is 4.09. The summed E-state index contributed by atoms with van der Waals surface area (Å²) in [5, 5.41) is 4.81. The molecule has 2 rings (SSSR count). The fourth-order valence-corrected chi connectivity index (χ4v) is 2.72. The highest BCUT2D eigenvalue weighted by atomic mass is 35.5. The molecule has 0 aliphatic carbocycles. The van der Waals surface area contributed by atoms with Crippen molar-refractivity contribution in [3.05, 3.63) is 59.1 Å². The third kappa shape index (κ3) is 4.69. The zero-order valence-electron chi connectivity index (χ0n) is 11.9. The summed E-state index contributed by atoms with van der Waals surface area (Å²) < 4.78 is 5.15. The van der Waals surface area contributed by atoms with Gasteiger partial charge in [0.25, 0.3) is 0 Å². The fourth-order valence-electron chi connectivity index (χ4n) is 1.74. The van der Waals surface area contributed by atoms with Crippen LogP contribution >= 0.6 is 23.4 Å². The summed E-state index contributed by atoms with van der Waals surface area (Å²) >= 11 is 7.59. The Morgan fingerprint density at radius 3 is 2.29 bits per heavy atom. The number of rotatable bonds is 6. The molecule has 21 heavy (non-hydrogen) atoms. The predicted molar refractivity (Wildman–Crippen MR) is 88.7 cm³/mol. The lowest BCUT2D eigenvalue weighted by atomic mass is 10.1. The van der Waals surface area contributed by atoms with Crippen LogP contribution in [0.5, 0.6) is 5.75 Å². The molecule has 110 valence electrons. The first kappa shape index (κ1) is 15.7. The molecule has 0 saturated carbocycles. The van der Waals surface area contributed by atoms with E-state index in [2.05, 4.69) is 5.16 Å². The van der Waals surface area contributed by atoms with Crippen LogP contribution in [0.3, 0.4) is 0 Å². The van der Waals surface area contributed by atoms with Crippen LogP contribution in [-0.2, 0) is 4.84 Å². The van der Waals surface area contributed by atoms with E-state index in [-0.39, 0.29) is 0 Å². The highest BCUT2D eigenvalue weighted by molar-refractivity contribution is 8.00. The minimum Gasteiger partial charge on any atom is -0.497 e. The highest BCUT2D eigenvalue weighted by Crippen LogP contribution is 2.23. The maximum absolute atomic E-state index is 5.91. The Hall–Kier alpha value is -1.65. The van der Waals surface area contributed by atoms with Gasteiger partial charge in [-0.15, -0.1) is 11.8 Å². The summed E-state index contributed by atoms with van der Waals surface area (Å²) in [6.07, 6.45) is 0. The van der Waals surface area contributed by atoms with Gasteiger partial charge < -0.3 is 9.57 Å². The summed E-state index contributed by atoms with van der Waals surface area (Å²) in [7, 11) is 3.21. The number of benzene rings is 2. The number of methoxy groups -OCH3 is 1. The van der Waals surface area contributed by atoms with Crippen LogP contribution in [0.2, 0.25) is 5.02 Å². The summed E-state index contributed by atoms with van der Waals surface area (Å²) in [5.74, 6) is 1.56. The fraction of sp³-hybridized carbons (Fsp3) is 0.188. The lowest BCUT2D eigenvalue weighted by molar-refractivity contribution is 0.213. The molecule has 0 bridgehead atoms. The molecule has 2 aromatic rings. The minimum absolute atomic E-state index is 0.707. The van der Waals surface area contributed by atoms with Crippen molar-refractivity contribution in [2.24, 2.45) is 5.16 Å². The summed E-state index contributed by atoms with van der Waals surface area (Å²) in [4.78, 5) is 6.08. The molecule has 0 saturated heterocycles. The van der Waals surface area contributed by atoms with Gasteiger partial charge >= 0.3 is 0 Å². The summed E-state index contributed by atoms with van der Waals surface area (Å²) in [6.45, 7) is 0. The Kier molecular flexibility index (Phi) is 5.96. The van der Waals surface area contributed by atoms with E-state index in [1.165, 1.54) is 0 Å². The lowest BCUT2D eigenvalue weighted by Gasteiger charge is -2.07. The van der Waals surface area contributed by atoms with E-state index in [0.717, 1.165) is 21.9 Å². The second-order valence-electron chi connectivity index (χ2n) is 4.19. The molecule has 0 aliphatic heterocycles. The molecule has 0 fully saturated rings. The zero-order chi connectivity index (χ0) is 15.1. The van der Waals surface area contributed by atoms with Gasteiger partial charge in [0.15, 0.2) is 0 Å². The zero-order valence-corrected chi connectivity index (χ0v) is 13.4. The van der Waals surface area contributed by atoms with Crippen LogP contribution in [-0.4, -0.2) is 25.7 Å². The monoisotopic (exact) mass is 321 g/mol. The molecule has 0 N–H and O–H groups in total. The van der Waals surface area contributed by atoms with Crippen molar-refractivity contribution in [1.82, 2.24) is 0 Å². The topological polar surface area (TPSA) is 30.8 Å². The molecule has 5 heteroatoms. The van der Waals surface area contributed by atoms with Crippen molar-refractivity contribution >= 4 is 29.1 Å². The van der Waals surface area contributed by atoms with E-state index in [1.54, 1.807) is 26.0 Å². The molecular weight excluding hydrogens is 306 g/mol. The van der Waals surface area contributed by atoms with Crippen LogP contribution in [0.4, 0.5) is 0 Å². The van der Waals surface area contributed by atoms with Crippen LogP contribution in [0.15, 0.2) is 58.6 Å².